The topological polar surface area (TPSA) is 126 Å². The number of pyridine rings is 1. The van der Waals surface area contributed by atoms with Crippen LogP contribution >= 0.6 is 0 Å². The van der Waals surface area contributed by atoms with Gasteiger partial charge < -0.3 is 15.4 Å². The molecule has 1 amide bonds. The van der Waals surface area contributed by atoms with Crippen molar-refractivity contribution in [2.75, 3.05) is 17.6 Å². The fourth-order valence-electron chi connectivity index (χ4n) is 3.92. The van der Waals surface area contributed by atoms with E-state index in [9.17, 15) is 13.2 Å². The monoisotopic (exact) mass is 419 g/mol. The number of carbonyl (C=O) groups excluding carboxylic acids is 1. The van der Waals surface area contributed by atoms with Crippen LogP contribution in [0.25, 0.3) is 0 Å². The number of ether oxygens (including phenoxy) is 1. The largest absolute Gasteiger partial charge is 0.446 e. The Balaban J connectivity index is 1.62. The first-order valence-corrected chi connectivity index (χ1v) is 11.5. The van der Waals surface area contributed by atoms with Gasteiger partial charge in [0.25, 0.3) is 0 Å². The summed E-state index contributed by atoms with van der Waals surface area (Å²) in [5.41, 5.74) is 0.762. The molecule has 2 aromatic rings. The molecular weight excluding hydrogens is 394 g/mol. The molecule has 0 aromatic carbocycles. The summed E-state index contributed by atoms with van der Waals surface area (Å²) in [6, 6.07) is 6.76. The van der Waals surface area contributed by atoms with E-state index in [1.165, 1.54) is 6.07 Å². The Morgan fingerprint density at radius 2 is 2.10 bits per heavy atom. The molecule has 10 heteroatoms. The Hall–Kier alpha value is -2.62. The molecule has 3 N–H and O–H groups in total. The van der Waals surface area contributed by atoms with Crippen molar-refractivity contribution in [3.8, 4) is 0 Å². The average Bonchev–Trinajstić information content (AvgIpc) is 3.29. The van der Waals surface area contributed by atoms with Crippen molar-refractivity contribution in [1.82, 2.24) is 20.5 Å². The molecule has 2 aliphatic rings. The molecule has 29 heavy (non-hydrogen) atoms. The first kappa shape index (κ1) is 19.7. The minimum atomic E-state index is -3.51. The molecule has 2 atom stereocenters. The molecule has 3 heterocycles. The molecule has 1 aliphatic heterocycles. The normalized spacial score (nSPS) is 27.1. The maximum atomic E-state index is 12.6. The van der Waals surface area contributed by atoms with Gasteiger partial charge in [-0.1, -0.05) is 13.0 Å². The number of hydrogen-bond donors (Lipinski definition) is 3. The van der Waals surface area contributed by atoms with Crippen LogP contribution in [0.3, 0.4) is 0 Å². The number of amides is 1. The summed E-state index contributed by atoms with van der Waals surface area (Å²) in [5, 5.41) is 13.2. The van der Waals surface area contributed by atoms with E-state index in [0.29, 0.717) is 37.4 Å². The third kappa shape index (κ3) is 4.36. The van der Waals surface area contributed by atoms with Gasteiger partial charge in [-0.2, -0.15) is 5.10 Å². The first-order valence-electron chi connectivity index (χ1n) is 9.81. The van der Waals surface area contributed by atoms with Crippen LogP contribution in [-0.4, -0.2) is 48.1 Å². The number of rotatable bonds is 0. The molecule has 0 radical (unpaired) electrons. The third-order valence-electron chi connectivity index (χ3n) is 5.61. The molecule has 9 nitrogen and oxygen atoms in total. The van der Waals surface area contributed by atoms with Gasteiger partial charge in [0, 0.05) is 23.7 Å². The van der Waals surface area contributed by atoms with Gasteiger partial charge in [0.2, 0.25) is 0 Å². The van der Waals surface area contributed by atoms with Gasteiger partial charge in [0.05, 0.1) is 5.75 Å². The van der Waals surface area contributed by atoms with Gasteiger partial charge in [0.15, 0.2) is 20.7 Å². The van der Waals surface area contributed by atoms with Crippen molar-refractivity contribution >= 4 is 27.6 Å². The molecular formula is C19H25N5O4S. The number of fused-ring (bicyclic) bond motifs is 7. The van der Waals surface area contributed by atoms with Crippen molar-refractivity contribution in [3.05, 3.63) is 30.0 Å². The summed E-state index contributed by atoms with van der Waals surface area (Å²) in [7, 11) is -3.51. The predicted octanol–water partition coefficient (Wildman–Crippen LogP) is 2.65. The number of nitrogens with zero attached hydrogens (tertiary/aromatic N) is 2. The SMILES string of the molecule is C[C@]12CC[C@H](C1)OC(=O)NCCCCS(=O)(=O)c1cccc(n1)Nc1cc2[nH]n1. The van der Waals surface area contributed by atoms with E-state index in [-0.39, 0.29) is 22.3 Å². The van der Waals surface area contributed by atoms with Crippen LogP contribution in [0, 0.1) is 0 Å². The number of sulfone groups is 1. The van der Waals surface area contributed by atoms with Gasteiger partial charge in [-0.15, -0.1) is 0 Å². The Morgan fingerprint density at radius 3 is 2.97 bits per heavy atom. The molecule has 0 saturated heterocycles. The number of aromatic nitrogens is 3. The van der Waals surface area contributed by atoms with Crippen molar-refractivity contribution in [1.29, 1.82) is 0 Å². The van der Waals surface area contributed by atoms with Gasteiger partial charge in [0.1, 0.15) is 11.9 Å². The summed E-state index contributed by atoms with van der Waals surface area (Å²) < 4.78 is 30.7. The number of alkyl carbamates (subject to hydrolysis) is 1. The highest BCUT2D eigenvalue weighted by Crippen LogP contribution is 2.41. The molecule has 0 spiro atoms. The van der Waals surface area contributed by atoms with Crippen molar-refractivity contribution in [2.45, 2.75) is 55.6 Å². The first-order chi connectivity index (χ1) is 13.8. The van der Waals surface area contributed by atoms with E-state index in [1.54, 1.807) is 12.1 Å². The van der Waals surface area contributed by atoms with Crippen LogP contribution in [0.5, 0.6) is 0 Å². The van der Waals surface area contributed by atoms with E-state index in [1.807, 2.05) is 6.07 Å². The molecule has 1 aliphatic carbocycles. The number of hydrogen-bond acceptors (Lipinski definition) is 7. The van der Waals surface area contributed by atoms with Crippen LogP contribution in [-0.2, 0) is 20.0 Å². The van der Waals surface area contributed by atoms with E-state index in [4.69, 9.17) is 4.74 Å². The van der Waals surface area contributed by atoms with Crippen LogP contribution in [0.1, 0.15) is 44.7 Å². The zero-order valence-corrected chi connectivity index (χ0v) is 17.1. The smallest absolute Gasteiger partial charge is 0.407 e. The molecule has 1 saturated carbocycles. The van der Waals surface area contributed by atoms with Crippen molar-refractivity contribution in [3.63, 3.8) is 0 Å². The van der Waals surface area contributed by atoms with Gasteiger partial charge >= 0.3 is 6.09 Å². The molecule has 1 fully saturated rings. The third-order valence-corrected chi connectivity index (χ3v) is 7.30. The van der Waals surface area contributed by atoms with Crippen LogP contribution in [0.2, 0.25) is 0 Å². The summed E-state index contributed by atoms with van der Waals surface area (Å²) in [6.45, 7) is 2.49. The summed E-state index contributed by atoms with van der Waals surface area (Å²) in [4.78, 5) is 16.3. The number of carbonyl (C=O) groups is 1. The second-order valence-corrected chi connectivity index (χ2v) is 9.99. The van der Waals surface area contributed by atoms with Crippen molar-refractivity contribution in [2.24, 2.45) is 0 Å². The highest BCUT2D eigenvalue weighted by Gasteiger charge is 2.39. The van der Waals surface area contributed by atoms with Gasteiger partial charge in [-0.25, -0.2) is 18.2 Å². The minimum Gasteiger partial charge on any atom is -0.446 e. The van der Waals surface area contributed by atoms with Crippen LogP contribution in [0.4, 0.5) is 16.4 Å². The maximum Gasteiger partial charge on any atom is 0.407 e. The Labute approximate surface area is 169 Å². The van der Waals surface area contributed by atoms with E-state index >= 15 is 0 Å². The number of aromatic amines is 1. The molecule has 156 valence electrons. The van der Waals surface area contributed by atoms with Crippen molar-refractivity contribution < 1.29 is 17.9 Å². The minimum absolute atomic E-state index is 0.0253. The lowest BCUT2D eigenvalue weighted by molar-refractivity contribution is 0.0976. The zero-order chi connectivity index (χ0) is 20.5. The summed E-state index contributed by atoms with van der Waals surface area (Å²) >= 11 is 0. The average molecular weight is 420 g/mol. The highest BCUT2D eigenvalue weighted by atomic mass is 32.2. The lowest BCUT2D eigenvalue weighted by Gasteiger charge is -2.22. The quantitative estimate of drug-likeness (QED) is 0.599. The second kappa shape index (κ2) is 7.66. The number of H-pyrrole nitrogens is 1. The fourth-order valence-corrected chi connectivity index (χ4v) is 5.24. The molecule has 0 unspecified atom stereocenters. The standard InChI is InChI=1S/C19H25N5O4S/c1-19-8-7-13(12-19)28-18(25)20-9-2-3-10-29(26,27)17-6-4-5-15(22-17)21-16-11-14(19)23-24-16/h4-6,11,13H,2-3,7-10,12H2,1H3,(H,20,25)(H2,21,22,23,24)/t13-,19+/m1/s1. The molecule has 4 rings (SSSR count). The highest BCUT2D eigenvalue weighted by molar-refractivity contribution is 7.91. The Kier molecular flexibility index (Phi) is 5.20. The van der Waals surface area contributed by atoms with Gasteiger partial charge in [-0.05, 0) is 44.2 Å². The lowest BCUT2D eigenvalue weighted by Crippen LogP contribution is -2.30. The second-order valence-electron chi connectivity index (χ2n) is 7.94. The Morgan fingerprint density at radius 1 is 1.24 bits per heavy atom. The summed E-state index contributed by atoms with van der Waals surface area (Å²) in [6.07, 6.45) is 2.73. The Bertz CT molecular complexity index is 1010. The lowest BCUT2D eigenvalue weighted by atomic mass is 9.85. The fraction of sp³-hybridized carbons (Fsp3) is 0.526. The van der Waals surface area contributed by atoms with Crippen LogP contribution < -0.4 is 10.6 Å². The van der Waals surface area contributed by atoms with Gasteiger partial charge in [-0.3, -0.25) is 5.10 Å². The summed E-state index contributed by atoms with van der Waals surface area (Å²) in [5.74, 6) is 0.954. The van der Waals surface area contributed by atoms with Crippen LogP contribution in [0.15, 0.2) is 29.3 Å². The molecule has 6 bridgehead atoms. The number of nitrogens with one attached hydrogen (secondary N) is 3. The maximum absolute atomic E-state index is 12.6. The van der Waals surface area contributed by atoms with E-state index < -0.39 is 15.9 Å². The van der Waals surface area contributed by atoms with E-state index in [0.717, 1.165) is 18.5 Å². The zero-order valence-electron chi connectivity index (χ0n) is 16.3. The van der Waals surface area contributed by atoms with E-state index in [2.05, 4.69) is 32.7 Å². The predicted molar refractivity (Wildman–Crippen MR) is 107 cm³/mol. The number of anilines is 2. The molecule has 2 aromatic heterocycles.